The van der Waals surface area contributed by atoms with Gasteiger partial charge in [0.15, 0.2) is 5.13 Å². The molecule has 0 spiro atoms. The molecule has 0 saturated carbocycles. The SMILES string of the molecule is O=C(Nc1nc(=O)cc(-c2ccccc2)s1)c1ccccc1. The van der Waals surface area contributed by atoms with Crippen LogP contribution < -0.4 is 10.9 Å². The second-order valence-corrected chi connectivity index (χ2v) is 5.58. The Labute approximate surface area is 131 Å². The first kappa shape index (κ1) is 14.2. The Bertz CT molecular complexity index is 845. The molecule has 0 fully saturated rings. The molecule has 4 nitrogen and oxygen atoms in total. The van der Waals surface area contributed by atoms with Crippen molar-refractivity contribution in [1.82, 2.24) is 4.98 Å². The zero-order valence-corrected chi connectivity index (χ0v) is 12.3. The van der Waals surface area contributed by atoms with E-state index >= 15 is 0 Å². The van der Waals surface area contributed by atoms with Crippen molar-refractivity contribution in [2.24, 2.45) is 0 Å². The second kappa shape index (κ2) is 6.32. The maximum atomic E-state index is 12.1. The van der Waals surface area contributed by atoms with Gasteiger partial charge in [-0.3, -0.25) is 14.9 Å². The van der Waals surface area contributed by atoms with Crippen LogP contribution in [0.2, 0.25) is 0 Å². The van der Waals surface area contributed by atoms with Crippen LogP contribution in [0.5, 0.6) is 0 Å². The Hall–Kier alpha value is -2.79. The molecule has 0 radical (unpaired) electrons. The lowest BCUT2D eigenvalue weighted by Gasteiger charge is -2.05. The molecule has 22 heavy (non-hydrogen) atoms. The summed E-state index contributed by atoms with van der Waals surface area (Å²) in [7, 11) is 0. The summed E-state index contributed by atoms with van der Waals surface area (Å²) in [6.07, 6.45) is 0. The van der Waals surface area contributed by atoms with Crippen molar-refractivity contribution in [3.05, 3.63) is 82.6 Å². The van der Waals surface area contributed by atoms with Crippen molar-refractivity contribution in [2.75, 3.05) is 5.32 Å². The number of rotatable bonds is 3. The van der Waals surface area contributed by atoms with Crippen molar-refractivity contribution in [3.8, 4) is 10.4 Å². The normalized spacial score (nSPS) is 10.2. The summed E-state index contributed by atoms with van der Waals surface area (Å²) in [6.45, 7) is 0. The first-order valence-corrected chi connectivity index (χ1v) is 7.48. The third-order valence-electron chi connectivity index (χ3n) is 2.99. The number of anilines is 1. The van der Waals surface area contributed by atoms with Gasteiger partial charge in [0.25, 0.3) is 11.5 Å². The van der Waals surface area contributed by atoms with Crippen LogP contribution in [0, 0.1) is 0 Å². The molecule has 1 heterocycles. The third-order valence-corrected chi connectivity index (χ3v) is 3.95. The summed E-state index contributed by atoms with van der Waals surface area (Å²) in [5, 5.41) is 2.97. The van der Waals surface area contributed by atoms with Gasteiger partial charge < -0.3 is 0 Å². The molecule has 0 saturated heterocycles. The molecular weight excluding hydrogens is 296 g/mol. The molecule has 2 aromatic carbocycles. The minimum absolute atomic E-state index is 0.283. The molecule has 1 N–H and O–H groups in total. The third kappa shape index (κ3) is 3.27. The fraction of sp³-hybridized carbons (Fsp3) is 0. The highest BCUT2D eigenvalue weighted by Gasteiger charge is 2.09. The summed E-state index contributed by atoms with van der Waals surface area (Å²) in [6, 6.07) is 19.8. The molecule has 0 unspecified atom stereocenters. The van der Waals surface area contributed by atoms with Crippen LogP contribution in [0.15, 0.2) is 71.5 Å². The minimum Gasteiger partial charge on any atom is -0.298 e. The van der Waals surface area contributed by atoms with Crippen LogP contribution in [0.1, 0.15) is 10.4 Å². The number of carbonyl (C=O) groups excluding carboxylic acids is 1. The quantitative estimate of drug-likeness (QED) is 0.806. The first-order chi connectivity index (χ1) is 10.7. The standard InChI is InChI=1S/C17H12N2O2S/c20-15-11-14(12-7-3-1-4-8-12)22-17(18-15)19-16(21)13-9-5-2-6-10-13/h1-11H,(H,18,19,20,21). The molecule has 0 aliphatic rings. The van der Waals surface area contributed by atoms with Crippen molar-refractivity contribution >= 4 is 22.4 Å². The van der Waals surface area contributed by atoms with Gasteiger partial charge in [-0.15, -0.1) is 0 Å². The van der Waals surface area contributed by atoms with Gasteiger partial charge in [-0.2, -0.15) is 4.98 Å². The molecule has 3 rings (SSSR count). The molecule has 0 aliphatic heterocycles. The van der Waals surface area contributed by atoms with E-state index < -0.39 is 0 Å². The highest BCUT2D eigenvalue weighted by Crippen LogP contribution is 2.25. The van der Waals surface area contributed by atoms with E-state index in [-0.39, 0.29) is 11.5 Å². The zero-order valence-electron chi connectivity index (χ0n) is 11.5. The molecule has 108 valence electrons. The van der Waals surface area contributed by atoms with Crippen LogP contribution in [-0.2, 0) is 0 Å². The lowest BCUT2D eigenvalue weighted by Crippen LogP contribution is -2.15. The minimum atomic E-state index is -0.374. The second-order valence-electron chi connectivity index (χ2n) is 4.55. The van der Waals surface area contributed by atoms with Crippen LogP contribution in [0.4, 0.5) is 5.13 Å². The zero-order chi connectivity index (χ0) is 15.4. The van der Waals surface area contributed by atoms with Crippen LogP contribution in [0.3, 0.4) is 0 Å². The van der Waals surface area contributed by atoms with Gasteiger partial charge >= 0.3 is 0 Å². The fourth-order valence-electron chi connectivity index (χ4n) is 1.96. The van der Waals surface area contributed by atoms with E-state index in [2.05, 4.69) is 10.3 Å². The number of nitrogens with one attached hydrogen (secondary N) is 1. The van der Waals surface area contributed by atoms with Gasteiger partial charge in [0.05, 0.1) is 0 Å². The highest BCUT2D eigenvalue weighted by molar-refractivity contribution is 7.18. The Morgan fingerprint density at radius 1 is 0.955 bits per heavy atom. The lowest BCUT2D eigenvalue weighted by atomic mass is 10.2. The lowest BCUT2D eigenvalue weighted by molar-refractivity contribution is 0.102. The molecule has 0 aliphatic carbocycles. The van der Waals surface area contributed by atoms with E-state index in [1.807, 2.05) is 36.4 Å². The predicted octanol–water partition coefficient (Wildman–Crippen LogP) is 3.42. The smallest absolute Gasteiger partial charge is 0.273 e. The maximum Gasteiger partial charge on any atom is 0.273 e. The number of amides is 1. The molecule has 3 aromatic rings. The first-order valence-electron chi connectivity index (χ1n) is 6.66. The topological polar surface area (TPSA) is 59.1 Å². The van der Waals surface area contributed by atoms with Gasteiger partial charge in [0.1, 0.15) is 0 Å². The molecule has 5 heteroatoms. The van der Waals surface area contributed by atoms with Crippen LogP contribution in [0.25, 0.3) is 10.4 Å². The number of hydrogen-bond donors (Lipinski definition) is 1. The summed E-state index contributed by atoms with van der Waals surface area (Å²) in [4.78, 5) is 28.5. The van der Waals surface area contributed by atoms with Crippen LogP contribution in [-0.4, -0.2) is 10.9 Å². The van der Waals surface area contributed by atoms with Gasteiger partial charge in [0, 0.05) is 16.5 Å². The van der Waals surface area contributed by atoms with Crippen molar-refractivity contribution < 1.29 is 4.79 Å². The van der Waals surface area contributed by atoms with E-state index in [0.29, 0.717) is 10.7 Å². The van der Waals surface area contributed by atoms with E-state index in [0.717, 1.165) is 10.4 Å². The monoisotopic (exact) mass is 308 g/mol. The number of nitrogens with zero attached hydrogens (tertiary/aromatic N) is 1. The maximum absolute atomic E-state index is 12.1. The Balaban J connectivity index is 1.91. The Morgan fingerprint density at radius 3 is 2.27 bits per heavy atom. The van der Waals surface area contributed by atoms with Crippen molar-refractivity contribution in [2.45, 2.75) is 0 Å². The molecule has 1 aromatic heterocycles. The van der Waals surface area contributed by atoms with E-state index in [9.17, 15) is 9.59 Å². The Kier molecular flexibility index (Phi) is 4.07. The van der Waals surface area contributed by atoms with Crippen molar-refractivity contribution in [1.29, 1.82) is 0 Å². The largest absolute Gasteiger partial charge is 0.298 e. The average molecular weight is 308 g/mol. The summed E-state index contributed by atoms with van der Waals surface area (Å²) in [5.41, 5.74) is 1.07. The number of carbonyl (C=O) groups is 1. The molecule has 0 bridgehead atoms. The van der Waals surface area contributed by atoms with E-state index in [4.69, 9.17) is 0 Å². The number of aromatic nitrogens is 1. The van der Waals surface area contributed by atoms with Gasteiger partial charge in [-0.1, -0.05) is 59.9 Å². The molecular formula is C17H12N2O2S. The Morgan fingerprint density at radius 2 is 1.59 bits per heavy atom. The van der Waals surface area contributed by atoms with Gasteiger partial charge in [0.2, 0.25) is 0 Å². The number of hydrogen-bond acceptors (Lipinski definition) is 4. The molecule has 1 amide bonds. The number of benzene rings is 2. The van der Waals surface area contributed by atoms with Gasteiger partial charge in [-0.25, -0.2) is 0 Å². The predicted molar refractivity (Wildman–Crippen MR) is 88.2 cm³/mol. The molecule has 0 atom stereocenters. The van der Waals surface area contributed by atoms with E-state index in [1.54, 1.807) is 24.3 Å². The highest BCUT2D eigenvalue weighted by atomic mass is 32.1. The van der Waals surface area contributed by atoms with Crippen molar-refractivity contribution in [3.63, 3.8) is 0 Å². The fourth-order valence-corrected chi connectivity index (χ4v) is 2.86. The average Bonchev–Trinajstić information content (AvgIpc) is 2.56. The summed E-state index contributed by atoms with van der Waals surface area (Å²) < 4.78 is 0. The van der Waals surface area contributed by atoms with Crippen LogP contribution >= 0.6 is 11.3 Å². The summed E-state index contributed by atoms with van der Waals surface area (Å²) in [5.74, 6) is -0.283. The summed E-state index contributed by atoms with van der Waals surface area (Å²) >= 11 is 1.27. The van der Waals surface area contributed by atoms with Gasteiger partial charge in [-0.05, 0) is 17.7 Å². The van der Waals surface area contributed by atoms with E-state index in [1.165, 1.54) is 17.4 Å².